The Kier molecular flexibility index (Phi) is 5.79. The van der Waals surface area contributed by atoms with E-state index in [2.05, 4.69) is 22.6 Å². The van der Waals surface area contributed by atoms with Gasteiger partial charge < -0.3 is 4.90 Å². The van der Waals surface area contributed by atoms with Crippen molar-refractivity contribution in [3.8, 4) is 0 Å². The van der Waals surface area contributed by atoms with Gasteiger partial charge in [-0.25, -0.2) is 0 Å². The first-order chi connectivity index (χ1) is 10.0. The summed E-state index contributed by atoms with van der Waals surface area (Å²) >= 11 is 2.24. The molecule has 0 aromatic heterocycles. The van der Waals surface area contributed by atoms with Crippen molar-refractivity contribution >= 4 is 34.3 Å². The van der Waals surface area contributed by atoms with Crippen molar-refractivity contribution in [2.45, 2.75) is 52.0 Å². The van der Waals surface area contributed by atoms with E-state index in [1.165, 1.54) is 0 Å². The molecule has 0 aliphatic carbocycles. The Morgan fingerprint density at radius 2 is 2.05 bits per heavy atom. The molecule has 4 heteroatoms. The van der Waals surface area contributed by atoms with Crippen molar-refractivity contribution in [3.63, 3.8) is 0 Å². The maximum atomic E-state index is 12.9. The fourth-order valence-corrected chi connectivity index (χ4v) is 3.55. The maximum absolute atomic E-state index is 12.9. The van der Waals surface area contributed by atoms with Crippen LogP contribution in [0.1, 0.15) is 54.9 Å². The van der Waals surface area contributed by atoms with E-state index < -0.39 is 0 Å². The lowest BCUT2D eigenvalue weighted by Gasteiger charge is -2.30. The first-order valence-corrected chi connectivity index (χ1v) is 8.64. The molecule has 0 N–H and O–H groups in total. The molecule has 0 saturated carbocycles. The molecule has 0 bridgehead atoms. The van der Waals surface area contributed by atoms with Gasteiger partial charge in [-0.3, -0.25) is 9.59 Å². The Labute approximate surface area is 140 Å². The molecule has 3 nitrogen and oxygen atoms in total. The zero-order valence-corrected chi connectivity index (χ0v) is 14.9. The maximum Gasteiger partial charge on any atom is 0.255 e. The van der Waals surface area contributed by atoms with E-state index >= 15 is 0 Å². The number of likely N-dealkylation sites (tertiary alicyclic amines) is 1. The van der Waals surface area contributed by atoms with Crippen LogP contribution in [0.4, 0.5) is 0 Å². The zero-order valence-electron chi connectivity index (χ0n) is 12.7. The monoisotopic (exact) mass is 399 g/mol. The summed E-state index contributed by atoms with van der Waals surface area (Å²) in [5.41, 5.74) is 1.89. The van der Waals surface area contributed by atoms with Crippen LogP contribution >= 0.6 is 22.6 Å². The van der Waals surface area contributed by atoms with E-state index in [-0.39, 0.29) is 17.7 Å². The number of hydrogen-bond donors (Lipinski definition) is 0. The third-order valence-electron chi connectivity index (χ3n) is 4.08. The van der Waals surface area contributed by atoms with Crippen LogP contribution in [-0.4, -0.2) is 29.2 Å². The number of benzene rings is 1. The second-order valence-corrected chi connectivity index (χ2v) is 6.92. The van der Waals surface area contributed by atoms with Crippen LogP contribution < -0.4 is 0 Å². The number of aryl methyl sites for hydroxylation is 1. The second kappa shape index (κ2) is 7.38. The number of ketones is 1. The van der Waals surface area contributed by atoms with Crippen molar-refractivity contribution < 1.29 is 9.59 Å². The molecule has 1 aromatic carbocycles. The molecule has 1 amide bonds. The smallest absolute Gasteiger partial charge is 0.255 e. The van der Waals surface area contributed by atoms with Crippen molar-refractivity contribution in [2.24, 2.45) is 0 Å². The van der Waals surface area contributed by atoms with Gasteiger partial charge in [0.15, 0.2) is 0 Å². The molecule has 0 spiro atoms. The molecule has 1 saturated heterocycles. The number of rotatable bonds is 3. The summed E-state index contributed by atoms with van der Waals surface area (Å²) in [6.45, 7) is 4.40. The van der Waals surface area contributed by atoms with Crippen LogP contribution in [0, 0.1) is 10.5 Å². The summed E-state index contributed by atoms with van der Waals surface area (Å²) in [6.07, 6.45) is 4.69. The van der Waals surface area contributed by atoms with Gasteiger partial charge in [0, 0.05) is 22.6 Å². The first kappa shape index (κ1) is 16.5. The van der Waals surface area contributed by atoms with Crippen molar-refractivity contribution in [3.05, 3.63) is 32.9 Å². The summed E-state index contributed by atoms with van der Waals surface area (Å²) in [5, 5.41) is 0. The lowest BCUT2D eigenvalue weighted by atomic mass is 10.0. The molecule has 1 unspecified atom stereocenters. The van der Waals surface area contributed by atoms with Gasteiger partial charge in [-0.05, 0) is 60.9 Å². The highest BCUT2D eigenvalue weighted by Crippen LogP contribution is 2.24. The minimum Gasteiger partial charge on any atom is -0.335 e. The van der Waals surface area contributed by atoms with Crippen molar-refractivity contribution in [1.29, 1.82) is 0 Å². The van der Waals surface area contributed by atoms with E-state index in [4.69, 9.17) is 0 Å². The lowest BCUT2D eigenvalue weighted by Crippen LogP contribution is -2.41. The second-order valence-electron chi connectivity index (χ2n) is 5.84. The number of carbonyl (C=O) groups is 2. The quantitative estimate of drug-likeness (QED) is 0.722. The predicted octanol–water partition coefficient (Wildman–Crippen LogP) is 3.96. The average molecular weight is 399 g/mol. The highest BCUT2D eigenvalue weighted by Gasteiger charge is 2.28. The Morgan fingerprint density at radius 1 is 1.29 bits per heavy atom. The zero-order chi connectivity index (χ0) is 15.4. The number of nitrogens with zero attached hydrogens (tertiary/aromatic N) is 1. The van der Waals surface area contributed by atoms with Gasteiger partial charge in [-0.2, -0.15) is 0 Å². The van der Waals surface area contributed by atoms with E-state index in [9.17, 15) is 9.59 Å². The average Bonchev–Trinajstić information content (AvgIpc) is 2.66. The first-order valence-electron chi connectivity index (χ1n) is 7.56. The summed E-state index contributed by atoms with van der Waals surface area (Å²) < 4.78 is 1.02. The van der Waals surface area contributed by atoms with Gasteiger partial charge in [0.25, 0.3) is 5.91 Å². The molecule has 1 aliphatic rings. The standard InChI is InChI=1S/C17H22INO2/c1-12-7-6-9-15(16(12)18)17(21)19-10-5-3-4-8-14(19)11-13(2)20/h6-7,9,14H,3-5,8,10-11H2,1-2H3. The van der Waals surface area contributed by atoms with E-state index in [0.29, 0.717) is 6.42 Å². The van der Waals surface area contributed by atoms with E-state index in [1.807, 2.05) is 30.0 Å². The normalized spacial score (nSPS) is 19.2. The number of hydrogen-bond acceptors (Lipinski definition) is 2. The van der Waals surface area contributed by atoms with Gasteiger partial charge in [-0.15, -0.1) is 0 Å². The largest absolute Gasteiger partial charge is 0.335 e. The Morgan fingerprint density at radius 3 is 2.76 bits per heavy atom. The fraction of sp³-hybridized carbons (Fsp3) is 0.529. The SMILES string of the molecule is CC(=O)CC1CCCCCN1C(=O)c1cccc(C)c1I. The molecule has 1 heterocycles. The Hall–Kier alpha value is -0.910. The topological polar surface area (TPSA) is 37.4 Å². The van der Waals surface area contributed by atoms with Gasteiger partial charge in [-0.1, -0.05) is 25.0 Å². The minimum absolute atomic E-state index is 0.0637. The Balaban J connectivity index is 2.28. The van der Waals surface area contributed by atoms with Crippen LogP contribution in [0.2, 0.25) is 0 Å². The molecule has 114 valence electrons. The molecule has 0 radical (unpaired) electrons. The summed E-state index contributed by atoms with van der Waals surface area (Å²) in [4.78, 5) is 26.4. The molecule has 1 fully saturated rings. The predicted molar refractivity (Wildman–Crippen MR) is 92.5 cm³/mol. The van der Waals surface area contributed by atoms with Crippen molar-refractivity contribution in [1.82, 2.24) is 4.90 Å². The molecule has 21 heavy (non-hydrogen) atoms. The highest BCUT2D eigenvalue weighted by atomic mass is 127. The molecule has 1 atom stereocenters. The molecular formula is C17H22INO2. The molecule has 2 rings (SSSR count). The summed E-state index contributed by atoms with van der Waals surface area (Å²) in [7, 11) is 0. The van der Waals surface area contributed by atoms with E-state index in [1.54, 1.807) is 6.92 Å². The van der Waals surface area contributed by atoms with Gasteiger partial charge in [0.2, 0.25) is 0 Å². The fourth-order valence-electron chi connectivity index (χ4n) is 2.96. The van der Waals surface area contributed by atoms with Crippen LogP contribution in [0.3, 0.4) is 0 Å². The van der Waals surface area contributed by atoms with Crippen molar-refractivity contribution in [2.75, 3.05) is 6.54 Å². The van der Waals surface area contributed by atoms with Gasteiger partial charge in [0.05, 0.1) is 5.56 Å². The Bertz CT molecular complexity index is 542. The number of halogens is 1. The van der Waals surface area contributed by atoms with Crippen LogP contribution in [-0.2, 0) is 4.79 Å². The summed E-state index contributed by atoms with van der Waals surface area (Å²) in [5.74, 6) is 0.245. The number of Topliss-reactive ketones (excluding diaryl/α,β-unsaturated/α-hetero) is 1. The van der Waals surface area contributed by atoms with Crippen LogP contribution in [0.15, 0.2) is 18.2 Å². The number of amides is 1. The number of carbonyl (C=O) groups excluding carboxylic acids is 2. The third kappa shape index (κ3) is 4.05. The highest BCUT2D eigenvalue weighted by molar-refractivity contribution is 14.1. The molecule has 1 aliphatic heterocycles. The molecular weight excluding hydrogens is 377 g/mol. The van der Waals surface area contributed by atoms with Crippen LogP contribution in [0.25, 0.3) is 0 Å². The van der Waals surface area contributed by atoms with Gasteiger partial charge >= 0.3 is 0 Å². The lowest BCUT2D eigenvalue weighted by molar-refractivity contribution is -0.118. The molecule has 1 aromatic rings. The third-order valence-corrected chi connectivity index (χ3v) is 5.52. The minimum atomic E-state index is 0.0637. The van der Waals surface area contributed by atoms with Crippen LogP contribution in [0.5, 0.6) is 0 Å². The van der Waals surface area contributed by atoms with Gasteiger partial charge in [0.1, 0.15) is 5.78 Å². The van der Waals surface area contributed by atoms with E-state index in [0.717, 1.165) is 46.9 Å². The summed E-state index contributed by atoms with van der Waals surface area (Å²) in [6, 6.07) is 5.91.